The van der Waals surface area contributed by atoms with Gasteiger partial charge in [0, 0.05) is 12.5 Å². The maximum absolute atomic E-state index is 11.3. The molecule has 0 amide bonds. The molecule has 0 N–H and O–H groups in total. The van der Waals surface area contributed by atoms with Crippen molar-refractivity contribution in [2.45, 2.75) is 9.92 Å². The summed E-state index contributed by atoms with van der Waals surface area (Å²) in [6.45, 7) is 0. The van der Waals surface area contributed by atoms with Crippen molar-refractivity contribution >= 4 is 31.3 Å². The molecule has 0 fully saturated rings. The predicted octanol–water partition coefficient (Wildman–Crippen LogP) is -0.668. The van der Waals surface area contributed by atoms with Crippen molar-refractivity contribution in [3.63, 3.8) is 0 Å². The monoisotopic (exact) mass is 271 g/mol. The number of halogens is 1. The van der Waals surface area contributed by atoms with Crippen LogP contribution in [0.4, 0.5) is 0 Å². The summed E-state index contributed by atoms with van der Waals surface area (Å²) in [6.07, 6.45) is 1.62. The van der Waals surface area contributed by atoms with Crippen LogP contribution in [0, 0.1) is 0 Å². The van der Waals surface area contributed by atoms with Crippen LogP contribution in [0.2, 0.25) is 5.15 Å². The average molecular weight is 272 g/mol. The Hall–Kier alpha value is -0.800. The predicted molar refractivity (Wildman–Crippen MR) is 51.1 cm³/mol. The van der Waals surface area contributed by atoms with Crippen LogP contribution in [0.25, 0.3) is 0 Å². The van der Waals surface area contributed by atoms with Gasteiger partial charge in [0.2, 0.25) is 5.03 Å². The van der Waals surface area contributed by atoms with Gasteiger partial charge < -0.3 is 0 Å². The lowest BCUT2D eigenvalue weighted by atomic mass is 10.7. The molecule has 1 aromatic heterocycles. The molecule has 0 aliphatic carbocycles. The van der Waals surface area contributed by atoms with Gasteiger partial charge in [0.15, 0.2) is 24.8 Å². The highest BCUT2D eigenvalue weighted by Crippen LogP contribution is 2.23. The van der Waals surface area contributed by atoms with E-state index in [4.69, 9.17) is 11.6 Å². The lowest BCUT2D eigenvalue weighted by Gasteiger charge is -2.03. The second-order valence-corrected chi connectivity index (χ2v) is 7.00. The lowest BCUT2D eigenvalue weighted by Crippen LogP contribution is -2.13. The molecular weight excluding hydrogens is 266 g/mol. The van der Waals surface area contributed by atoms with Crippen LogP contribution in [0.1, 0.15) is 0 Å². The zero-order valence-corrected chi connectivity index (χ0v) is 10.1. The van der Waals surface area contributed by atoms with E-state index in [-0.39, 0.29) is 0 Å². The van der Waals surface area contributed by atoms with Crippen LogP contribution >= 0.6 is 11.6 Å². The van der Waals surface area contributed by atoms with Gasteiger partial charge in [-0.15, -0.1) is 10.2 Å². The van der Waals surface area contributed by atoms with Crippen molar-refractivity contribution in [3.8, 4) is 0 Å². The van der Waals surface area contributed by atoms with Gasteiger partial charge in [-0.1, -0.05) is 11.6 Å². The summed E-state index contributed by atoms with van der Waals surface area (Å²) in [5, 5.41) is 8.20. The second kappa shape index (κ2) is 3.65. The minimum Gasteiger partial charge on any atom is -0.224 e. The van der Waals surface area contributed by atoms with Crippen LogP contribution < -0.4 is 0 Å². The van der Waals surface area contributed by atoms with Crippen molar-refractivity contribution in [1.82, 2.24) is 15.4 Å². The van der Waals surface area contributed by atoms with E-state index in [0.717, 1.165) is 12.5 Å². The fourth-order valence-electron chi connectivity index (χ4n) is 0.835. The number of aromatic nitrogens is 3. The van der Waals surface area contributed by atoms with Gasteiger partial charge in [-0.05, 0) is 5.21 Å². The van der Waals surface area contributed by atoms with E-state index in [1.807, 2.05) is 0 Å². The van der Waals surface area contributed by atoms with Crippen LogP contribution in [0.5, 0.6) is 0 Å². The first-order chi connectivity index (χ1) is 6.64. The summed E-state index contributed by atoms with van der Waals surface area (Å²) in [7, 11) is -7.64. The van der Waals surface area contributed by atoms with Gasteiger partial charge in [0.05, 0.1) is 0 Å². The second-order valence-electron chi connectivity index (χ2n) is 2.76. The molecule has 0 aliphatic rings. The normalized spacial score (nSPS) is 12.7. The number of nitrogens with zero attached hydrogens (tertiary/aromatic N) is 3. The minimum atomic E-state index is -3.82. The molecule has 84 valence electrons. The average Bonchev–Trinajstić information content (AvgIpc) is 1.99. The van der Waals surface area contributed by atoms with E-state index >= 15 is 0 Å². The van der Waals surface area contributed by atoms with Crippen molar-refractivity contribution in [2.24, 2.45) is 0 Å². The third-order valence-corrected chi connectivity index (χ3v) is 3.99. The minimum absolute atomic E-state index is 0.507. The highest BCUT2D eigenvalue weighted by molar-refractivity contribution is 7.93. The Kier molecular flexibility index (Phi) is 2.99. The number of hydrogen-bond donors (Lipinski definition) is 0. The molecule has 1 aromatic rings. The van der Waals surface area contributed by atoms with Gasteiger partial charge in [-0.25, -0.2) is 16.8 Å². The topological polar surface area (TPSA) is 107 Å². The van der Waals surface area contributed by atoms with Gasteiger partial charge in [-0.2, -0.15) is 0 Å². The molecule has 15 heavy (non-hydrogen) atoms. The first-order valence-corrected chi connectivity index (χ1v) is 7.59. The maximum atomic E-state index is 11.3. The number of hydrogen-bond acceptors (Lipinski definition) is 7. The van der Waals surface area contributed by atoms with E-state index in [0.29, 0.717) is 0 Å². The SMILES string of the molecule is CS(=O)(=O)c1nnnc(Cl)c1S(C)(=O)=O. The highest BCUT2D eigenvalue weighted by atomic mass is 35.5. The third-order valence-electron chi connectivity index (χ3n) is 1.37. The van der Waals surface area contributed by atoms with E-state index in [9.17, 15) is 16.8 Å². The van der Waals surface area contributed by atoms with E-state index < -0.39 is 34.7 Å². The molecule has 0 aromatic carbocycles. The molecule has 1 rings (SSSR count). The Bertz CT molecular complexity index is 595. The van der Waals surface area contributed by atoms with Gasteiger partial charge >= 0.3 is 0 Å². The Morgan fingerprint density at radius 1 is 1.00 bits per heavy atom. The van der Waals surface area contributed by atoms with Crippen molar-refractivity contribution in [2.75, 3.05) is 12.5 Å². The summed E-state index contributed by atoms with van der Waals surface area (Å²) in [4.78, 5) is -0.623. The van der Waals surface area contributed by atoms with Gasteiger partial charge in [0.1, 0.15) is 4.90 Å². The summed E-state index contributed by atoms with van der Waals surface area (Å²) < 4.78 is 44.9. The molecule has 0 saturated heterocycles. The van der Waals surface area contributed by atoms with Gasteiger partial charge in [0.25, 0.3) is 0 Å². The molecule has 0 saturated carbocycles. The molecule has 0 atom stereocenters. The largest absolute Gasteiger partial charge is 0.224 e. The standard InChI is InChI=1S/C5H6ClN3O4S2/c1-14(10,11)3-4(6)7-9-8-5(3)15(2,12)13/h1-2H3. The molecule has 1 heterocycles. The molecular formula is C5H6ClN3O4S2. The fraction of sp³-hybridized carbons (Fsp3) is 0.400. The molecule has 0 aliphatic heterocycles. The fourth-order valence-corrected chi connectivity index (χ4v) is 3.67. The van der Waals surface area contributed by atoms with E-state index in [1.165, 1.54) is 0 Å². The maximum Gasteiger partial charge on any atom is 0.201 e. The lowest BCUT2D eigenvalue weighted by molar-refractivity contribution is 0.575. The first-order valence-electron chi connectivity index (χ1n) is 3.43. The summed E-state index contributed by atoms with van der Waals surface area (Å²) in [5.41, 5.74) is 0. The zero-order chi connectivity index (χ0) is 11.9. The van der Waals surface area contributed by atoms with Crippen molar-refractivity contribution < 1.29 is 16.8 Å². The van der Waals surface area contributed by atoms with Crippen LogP contribution in [-0.2, 0) is 19.7 Å². The highest BCUT2D eigenvalue weighted by Gasteiger charge is 2.27. The van der Waals surface area contributed by atoms with Gasteiger partial charge in [-0.3, -0.25) is 0 Å². The summed E-state index contributed by atoms with van der Waals surface area (Å²) in [6, 6.07) is 0. The summed E-state index contributed by atoms with van der Waals surface area (Å²) >= 11 is 5.46. The zero-order valence-electron chi connectivity index (χ0n) is 7.67. The van der Waals surface area contributed by atoms with Crippen molar-refractivity contribution in [3.05, 3.63) is 5.15 Å². The molecule has 0 bridgehead atoms. The Morgan fingerprint density at radius 2 is 1.53 bits per heavy atom. The first kappa shape index (κ1) is 12.3. The molecule has 0 unspecified atom stereocenters. The Balaban J connectivity index is 3.79. The quantitative estimate of drug-likeness (QED) is 0.702. The van der Waals surface area contributed by atoms with Crippen molar-refractivity contribution in [1.29, 1.82) is 0 Å². The Morgan fingerprint density at radius 3 is 1.87 bits per heavy atom. The molecule has 0 spiro atoms. The number of sulfone groups is 2. The van der Waals surface area contributed by atoms with Crippen LogP contribution in [0.3, 0.4) is 0 Å². The van der Waals surface area contributed by atoms with Crippen LogP contribution in [-0.4, -0.2) is 44.8 Å². The molecule has 7 nitrogen and oxygen atoms in total. The van der Waals surface area contributed by atoms with Crippen LogP contribution in [0.15, 0.2) is 9.92 Å². The third kappa shape index (κ3) is 2.61. The molecule has 10 heteroatoms. The smallest absolute Gasteiger partial charge is 0.201 e. The van der Waals surface area contributed by atoms with E-state index in [1.54, 1.807) is 0 Å². The van der Waals surface area contributed by atoms with E-state index in [2.05, 4.69) is 15.4 Å². The molecule has 0 radical (unpaired) electrons. The summed E-state index contributed by atoms with van der Waals surface area (Å²) in [5.74, 6) is 0. The Labute approximate surface area is 91.3 Å². The number of rotatable bonds is 2.